The van der Waals surface area contributed by atoms with Crippen LogP contribution < -0.4 is 4.74 Å². The van der Waals surface area contributed by atoms with Gasteiger partial charge in [0.2, 0.25) is 0 Å². The minimum atomic E-state index is -0.916. The van der Waals surface area contributed by atoms with E-state index in [1.54, 1.807) is 24.3 Å². The summed E-state index contributed by atoms with van der Waals surface area (Å²) in [7, 11) is 0. The summed E-state index contributed by atoms with van der Waals surface area (Å²) in [6, 6.07) is 6.53. The van der Waals surface area contributed by atoms with Crippen LogP contribution in [0.5, 0.6) is 5.75 Å². The van der Waals surface area contributed by atoms with Crippen molar-refractivity contribution in [2.24, 2.45) is 0 Å². The van der Waals surface area contributed by atoms with Crippen LogP contribution in [0.25, 0.3) is 0 Å². The minimum Gasteiger partial charge on any atom is -0.479 e. The SMILES string of the molecule is CCCCCCCCCCC(Br)Oc1ccc(C(=O)O)cc1. The van der Waals surface area contributed by atoms with Crippen LogP contribution in [0.15, 0.2) is 24.3 Å². The maximum Gasteiger partial charge on any atom is 0.335 e. The lowest BCUT2D eigenvalue weighted by molar-refractivity contribution is 0.0697. The molecule has 0 bridgehead atoms. The second-order valence-electron chi connectivity index (χ2n) is 5.62. The van der Waals surface area contributed by atoms with Gasteiger partial charge in [-0.15, -0.1) is 0 Å². The van der Waals surface area contributed by atoms with Crippen LogP contribution in [0.1, 0.15) is 75.1 Å². The predicted octanol–water partition coefficient (Wildman–Crippen LogP) is 6.02. The molecule has 0 amide bonds. The van der Waals surface area contributed by atoms with Crippen molar-refractivity contribution in [3.8, 4) is 5.75 Å². The first-order valence-electron chi connectivity index (χ1n) is 8.27. The lowest BCUT2D eigenvalue weighted by Crippen LogP contribution is -2.08. The van der Waals surface area contributed by atoms with Crippen LogP contribution in [0.4, 0.5) is 0 Å². The molecule has 0 saturated heterocycles. The second-order valence-corrected chi connectivity index (χ2v) is 6.64. The summed E-state index contributed by atoms with van der Waals surface area (Å²) in [5.41, 5.74) is 0.279. The molecule has 0 aliphatic rings. The molecule has 1 atom stereocenters. The van der Waals surface area contributed by atoms with Gasteiger partial charge in [-0.25, -0.2) is 4.79 Å². The summed E-state index contributed by atoms with van der Waals surface area (Å²) >= 11 is 3.53. The van der Waals surface area contributed by atoms with E-state index < -0.39 is 5.97 Å². The molecule has 1 N–H and O–H groups in total. The van der Waals surface area contributed by atoms with Gasteiger partial charge in [-0.05, 0) is 53.0 Å². The summed E-state index contributed by atoms with van der Waals surface area (Å²) in [5.74, 6) is -0.215. The molecular formula is C18H27BrO3. The molecule has 0 aromatic heterocycles. The van der Waals surface area contributed by atoms with E-state index in [1.807, 2.05) is 0 Å². The fourth-order valence-corrected chi connectivity index (χ4v) is 2.86. The van der Waals surface area contributed by atoms with Crippen LogP contribution in [-0.2, 0) is 0 Å². The van der Waals surface area contributed by atoms with E-state index in [0.29, 0.717) is 5.75 Å². The summed E-state index contributed by atoms with van der Waals surface area (Å²) in [6.45, 7) is 2.24. The van der Waals surface area contributed by atoms with Gasteiger partial charge in [0, 0.05) is 0 Å². The van der Waals surface area contributed by atoms with Crippen molar-refractivity contribution >= 4 is 21.9 Å². The number of ether oxygens (including phenoxy) is 1. The van der Waals surface area contributed by atoms with Gasteiger partial charge in [0.25, 0.3) is 0 Å². The van der Waals surface area contributed by atoms with E-state index in [2.05, 4.69) is 22.9 Å². The maximum absolute atomic E-state index is 10.8. The van der Waals surface area contributed by atoms with Gasteiger partial charge in [0.05, 0.1) is 5.56 Å². The van der Waals surface area contributed by atoms with Crippen LogP contribution in [0, 0.1) is 0 Å². The Labute approximate surface area is 142 Å². The number of hydrogen-bond donors (Lipinski definition) is 1. The first-order valence-corrected chi connectivity index (χ1v) is 9.19. The lowest BCUT2D eigenvalue weighted by Gasteiger charge is -2.13. The Bertz CT molecular complexity index is 417. The third kappa shape index (κ3) is 8.42. The first kappa shape index (κ1) is 19.0. The highest BCUT2D eigenvalue weighted by Gasteiger charge is 2.07. The summed E-state index contributed by atoms with van der Waals surface area (Å²) < 4.78 is 5.73. The summed E-state index contributed by atoms with van der Waals surface area (Å²) in [4.78, 5) is 10.8. The number of hydrogen-bond acceptors (Lipinski definition) is 2. The average molecular weight is 371 g/mol. The summed E-state index contributed by atoms with van der Waals surface area (Å²) in [5, 5.41) is 8.83. The molecule has 124 valence electrons. The van der Waals surface area contributed by atoms with Crippen molar-refractivity contribution in [3.63, 3.8) is 0 Å². The molecule has 22 heavy (non-hydrogen) atoms. The number of benzene rings is 1. The number of rotatable bonds is 12. The molecule has 1 unspecified atom stereocenters. The normalized spacial score (nSPS) is 12.1. The Morgan fingerprint density at radius 3 is 2.14 bits per heavy atom. The van der Waals surface area contributed by atoms with E-state index in [0.717, 1.165) is 12.8 Å². The molecule has 4 heteroatoms. The van der Waals surface area contributed by atoms with E-state index in [-0.39, 0.29) is 10.6 Å². The number of carboxylic acids is 1. The molecule has 0 radical (unpaired) electrons. The number of alkyl halides is 1. The molecule has 0 fully saturated rings. The van der Waals surface area contributed by atoms with Gasteiger partial charge in [-0.3, -0.25) is 0 Å². The van der Waals surface area contributed by atoms with Crippen LogP contribution in [0.3, 0.4) is 0 Å². The highest BCUT2D eigenvalue weighted by Crippen LogP contribution is 2.20. The summed E-state index contributed by atoms with van der Waals surface area (Å²) in [6.07, 6.45) is 11.4. The molecule has 0 spiro atoms. The number of carbonyl (C=O) groups is 1. The second kappa shape index (κ2) is 11.5. The van der Waals surface area contributed by atoms with Crippen molar-refractivity contribution < 1.29 is 14.6 Å². The molecule has 1 rings (SSSR count). The zero-order valence-corrected chi connectivity index (χ0v) is 15.0. The van der Waals surface area contributed by atoms with Gasteiger partial charge in [-0.1, -0.05) is 51.9 Å². The van der Waals surface area contributed by atoms with Crippen LogP contribution in [0.2, 0.25) is 0 Å². The molecule has 3 nitrogen and oxygen atoms in total. The fourth-order valence-electron chi connectivity index (χ4n) is 2.32. The third-order valence-electron chi connectivity index (χ3n) is 3.65. The molecule has 0 aliphatic heterocycles. The van der Waals surface area contributed by atoms with E-state index >= 15 is 0 Å². The van der Waals surface area contributed by atoms with Gasteiger partial charge < -0.3 is 9.84 Å². The van der Waals surface area contributed by atoms with Crippen molar-refractivity contribution in [1.29, 1.82) is 0 Å². The van der Waals surface area contributed by atoms with Gasteiger partial charge in [0.1, 0.15) is 5.75 Å². The Morgan fingerprint density at radius 2 is 1.59 bits per heavy atom. The Morgan fingerprint density at radius 1 is 1.05 bits per heavy atom. The number of unbranched alkanes of at least 4 members (excludes halogenated alkanes) is 7. The highest BCUT2D eigenvalue weighted by molar-refractivity contribution is 9.09. The molecule has 0 aliphatic carbocycles. The zero-order valence-electron chi connectivity index (χ0n) is 13.4. The van der Waals surface area contributed by atoms with Crippen LogP contribution in [-0.4, -0.2) is 16.1 Å². The lowest BCUT2D eigenvalue weighted by atomic mass is 10.1. The third-order valence-corrected chi connectivity index (χ3v) is 4.29. The monoisotopic (exact) mass is 370 g/mol. The quantitative estimate of drug-likeness (QED) is 0.361. The predicted molar refractivity (Wildman–Crippen MR) is 94.0 cm³/mol. The molecule has 0 saturated carbocycles. The molecule has 1 aromatic carbocycles. The number of halogens is 1. The Hall–Kier alpha value is -1.03. The average Bonchev–Trinajstić information content (AvgIpc) is 2.50. The minimum absolute atomic E-state index is 0.0109. The molecule has 1 aromatic rings. The largest absolute Gasteiger partial charge is 0.479 e. The van der Waals surface area contributed by atoms with Crippen molar-refractivity contribution in [3.05, 3.63) is 29.8 Å². The maximum atomic E-state index is 10.8. The van der Waals surface area contributed by atoms with Crippen LogP contribution >= 0.6 is 15.9 Å². The van der Waals surface area contributed by atoms with Gasteiger partial charge in [-0.2, -0.15) is 0 Å². The van der Waals surface area contributed by atoms with E-state index in [4.69, 9.17) is 9.84 Å². The fraction of sp³-hybridized carbons (Fsp3) is 0.611. The van der Waals surface area contributed by atoms with Crippen molar-refractivity contribution in [2.75, 3.05) is 0 Å². The van der Waals surface area contributed by atoms with Crippen molar-refractivity contribution in [2.45, 2.75) is 69.7 Å². The standard InChI is InChI=1S/C18H27BrO3/c1-2-3-4-5-6-7-8-9-10-17(19)22-16-13-11-15(12-14-16)18(20)21/h11-14,17H,2-10H2,1H3,(H,20,21). The first-order chi connectivity index (χ1) is 10.6. The Balaban J connectivity index is 2.10. The Kier molecular flexibility index (Phi) is 9.96. The zero-order chi connectivity index (χ0) is 16.2. The highest BCUT2D eigenvalue weighted by atomic mass is 79.9. The van der Waals surface area contributed by atoms with Gasteiger partial charge >= 0.3 is 5.97 Å². The number of aromatic carboxylic acids is 1. The number of carboxylic acid groups (broad SMARTS) is 1. The smallest absolute Gasteiger partial charge is 0.335 e. The topological polar surface area (TPSA) is 46.5 Å². The molecule has 0 heterocycles. The van der Waals surface area contributed by atoms with Gasteiger partial charge in [0.15, 0.2) is 5.01 Å². The van der Waals surface area contributed by atoms with Crippen molar-refractivity contribution in [1.82, 2.24) is 0 Å². The van der Waals surface area contributed by atoms with E-state index in [1.165, 1.54) is 44.9 Å². The van der Waals surface area contributed by atoms with E-state index in [9.17, 15) is 4.79 Å². The molecular weight excluding hydrogens is 344 g/mol.